The van der Waals surface area contributed by atoms with E-state index in [2.05, 4.69) is 22.1 Å². The number of methoxy groups -OCH3 is 2. The number of rotatable bonds is 4. The summed E-state index contributed by atoms with van der Waals surface area (Å²) in [4.78, 5) is 18.2. The van der Waals surface area contributed by atoms with Crippen molar-refractivity contribution in [2.75, 3.05) is 34.4 Å². The number of nitrogens with zero attached hydrogens (tertiary/aromatic N) is 2. The van der Waals surface area contributed by atoms with Gasteiger partial charge >= 0.3 is 5.97 Å². The molecule has 0 amide bonds. The molecule has 1 heterocycles. The minimum atomic E-state index is -0.148. The third-order valence-electron chi connectivity index (χ3n) is 4.24. The smallest absolute Gasteiger partial charge is 0.310 e. The Morgan fingerprint density at radius 3 is 2.57 bits per heavy atom. The van der Waals surface area contributed by atoms with Crippen LogP contribution < -0.4 is 10.1 Å². The molecule has 0 aliphatic carbocycles. The van der Waals surface area contributed by atoms with Gasteiger partial charge in [0, 0.05) is 26.7 Å². The number of likely N-dealkylation sites (tertiary alicyclic amines) is 1. The number of ether oxygens (including phenoxy) is 2. The summed E-state index contributed by atoms with van der Waals surface area (Å²) in [7, 11) is 4.85. The van der Waals surface area contributed by atoms with Crippen LogP contribution in [0.15, 0.2) is 29.3 Å². The first kappa shape index (κ1) is 17.1. The first-order valence-electron chi connectivity index (χ1n) is 7.75. The molecule has 0 bridgehead atoms. The van der Waals surface area contributed by atoms with E-state index < -0.39 is 0 Å². The summed E-state index contributed by atoms with van der Waals surface area (Å²) in [6.45, 7) is 4.17. The fourth-order valence-electron chi connectivity index (χ4n) is 2.85. The first-order valence-corrected chi connectivity index (χ1v) is 7.75. The van der Waals surface area contributed by atoms with Gasteiger partial charge in [0.2, 0.25) is 0 Å². The van der Waals surface area contributed by atoms with Crippen LogP contribution in [0, 0.1) is 11.8 Å². The van der Waals surface area contributed by atoms with Gasteiger partial charge in [-0.1, -0.05) is 19.1 Å². The Labute approximate surface area is 137 Å². The third kappa shape index (κ3) is 4.15. The highest BCUT2D eigenvalue weighted by molar-refractivity contribution is 5.82. The van der Waals surface area contributed by atoms with Gasteiger partial charge in [0.1, 0.15) is 5.75 Å². The van der Waals surface area contributed by atoms with Crippen LogP contribution in [0.4, 0.5) is 0 Å². The average Bonchev–Trinajstić information content (AvgIpc) is 2.97. The van der Waals surface area contributed by atoms with Gasteiger partial charge in [-0.25, -0.2) is 0 Å². The number of benzene rings is 1. The lowest BCUT2D eigenvalue weighted by molar-refractivity contribution is -0.145. The van der Waals surface area contributed by atoms with Crippen molar-refractivity contribution in [3.8, 4) is 5.75 Å². The zero-order valence-electron chi connectivity index (χ0n) is 14.2. The van der Waals surface area contributed by atoms with Crippen molar-refractivity contribution in [1.29, 1.82) is 0 Å². The second-order valence-corrected chi connectivity index (χ2v) is 5.76. The van der Waals surface area contributed by atoms with Gasteiger partial charge in [-0.2, -0.15) is 0 Å². The van der Waals surface area contributed by atoms with Gasteiger partial charge in [0.05, 0.1) is 20.1 Å². The number of carbonyl (C=O) groups is 1. The van der Waals surface area contributed by atoms with E-state index in [1.807, 2.05) is 24.3 Å². The number of esters is 1. The Kier molecular flexibility index (Phi) is 5.84. The summed E-state index contributed by atoms with van der Waals surface area (Å²) in [5.74, 6) is 1.65. The van der Waals surface area contributed by atoms with E-state index in [-0.39, 0.29) is 17.8 Å². The Morgan fingerprint density at radius 1 is 1.30 bits per heavy atom. The Morgan fingerprint density at radius 2 is 2.00 bits per heavy atom. The summed E-state index contributed by atoms with van der Waals surface area (Å²) in [6, 6.07) is 7.90. The highest BCUT2D eigenvalue weighted by Crippen LogP contribution is 2.24. The second kappa shape index (κ2) is 7.85. The quantitative estimate of drug-likeness (QED) is 0.518. The Hall–Kier alpha value is -2.24. The fraction of sp³-hybridized carbons (Fsp3) is 0.529. The molecule has 0 saturated carbocycles. The van der Waals surface area contributed by atoms with Crippen LogP contribution in [0.25, 0.3) is 0 Å². The summed E-state index contributed by atoms with van der Waals surface area (Å²) in [6.07, 6.45) is 0. The maximum atomic E-state index is 11.8. The molecule has 1 aliphatic rings. The molecule has 6 nitrogen and oxygen atoms in total. The zero-order valence-corrected chi connectivity index (χ0v) is 14.2. The van der Waals surface area contributed by atoms with E-state index in [4.69, 9.17) is 9.47 Å². The van der Waals surface area contributed by atoms with E-state index in [1.165, 1.54) is 7.11 Å². The zero-order chi connectivity index (χ0) is 16.8. The van der Waals surface area contributed by atoms with Crippen molar-refractivity contribution >= 4 is 11.9 Å². The number of hydrogen-bond donors (Lipinski definition) is 1. The van der Waals surface area contributed by atoms with E-state index in [9.17, 15) is 4.79 Å². The third-order valence-corrected chi connectivity index (χ3v) is 4.24. The highest BCUT2D eigenvalue weighted by atomic mass is 16.5. The summed E-state index contributed by atoms with van der Waals surface area (Å²) in [5, 5.41) is 3.35. The molecule has 2 rings (SSSR count). The SMILES string of the molecule is CN=C(NCc1ccc(OC)cc1)N1CC(C)C(C(=O)OC)C1. The topological polar surface area (TPSA) is 63.2 Å². The number of aliphatic imine (C=N–C) groups is 1. The molecular weight excluding hydrogens is 294 g/mol. The van der Waals surface area contributed by atoms with Crippen LogP contribution >= 0.6 is 0 Å². The molecule has 1 N–H and O–H groups in total. The van der Waals surface area contributed by atoms with Gasteiger partial charge in [-0.05, 0) is 23.6 Å². The van der Waals surface area contributed by atoms with Crippen molar-refractivity contribution in [3.63, 3.8) is 0 Å². The molecule has 2 unspecified atom stereocenters. The van der Waals surface area contributed by atoms with Crippen LogP contribution in [-0.2, 0) is 16.1 Å². The lowest BCUT2D eigenvalue weighted by atomic mass is 9.99. The van der Waals surface area contributed by atoms with E-state index >= 15 is 0 Å². The standard InChI is InChI=1S/C17H25N3O3/c1-12-10-20(11-15(12)16(21)23-4)17(18-2)19-9-13-5-7-14(22-3)8-6-13/h5-8,12,15H,9-11H2,1-4H3,(H,18,19). The molecule has 2 atom stereocenters. The van der Waals surface area contributed by atoms with Crippen LogP contribution in [0.3, 0.4) is 0 Å². The van der Waals surface area contributed by atoms with Crippen molar-refractivity contribution in [2.45, 2.75) is 13.5 Å². The lowest BCUT2D eigenvalue weighted by Gasteiger charge is -2.21. The molecule has 0 aromatic heterocycles. The number of carbonyl (C=O) groups excluding carboxylic acids is 1. The molecule has 1 fully saturated rings. The van der Waals surface area contributed by atoms with Crippen LogP contribution in [-0.4, -0.2) is 51.2 Å². The second-order valence-electron chi connectivity index (χ2n) is 5.76. The van der Waals surface area contributed by atoms with Gasteiger partial charge < -0.3 is 19.7 Å². The minimum Gasteiger partial charge on any atom is -0.497 e. The Balaban J connectivity index is 1.94. The van der Waals surface area contributed by atoms with Gasteiger partial charge in [-0.15, -0.1) is 0 Å². The molecular formula is C17H25N3O3. The summed E-state index contributed by atoms with van der Waals surface area (Å²) in [5.41, 5.74) is 1.14. The predicted molar refractivity (Wildman–Crippen MR) is 89.4 cm³/mol. The molecule has 1 aromatic carbocycles. The molecule has 1 saturated heterocycles. The fourth-order valence-corrected chi connectivity index (χ4v) is 2.85. The van der Waals surface area contributed by atoms with Gasteiger partial charge in [-0.3, -0.25) is 9.79 Å². The van der Waals surface area contributed by atoms with Crippen molar-refractivity contribution in [3.05, 3.63) is 29.8 Å². The molecule has 6 heteroatoms. The predicted octanol–water partition coefficient (Wildman–Crippen LogP) is 1.51. The maximum Gasteiger partial charge on any atom is 0.310 e. The van der Waals surface area contributed by atoms with E-state index in [0.717, 1.165) is 23.8 Å². The van der Waals surface area contributed by atoms with Gasteiger partial charge in [0.15, 0.2) is 5.96 Å². The molecule has 126 valence electrons. The Bertz CT molecular complexity index is 557. The van der Waals surface area contributed by atoms with Crippen molar-refractivity contribution < 1.29 is 14.3 Å². The van der Waals surface area contributed by atoms with Crippen LogP contribution in [0.5, 0.6) is 5.75 Å². The average molecular weight is 319 g/mol. The van der Waals surface area contributed by atoms with Crippen molar-refractivity contribution in [1.82, 2.24) is 10.2 Å². The number of guanidine groups is 1. The summed E-state index contributed by atoms with van der Waals surface area (Å²) >= 11 is 0. The molecule has 1 aromatic rings. The van der Waals surface area contributed by atoms with E-state index in [1.54, 1.807) is 14.2 Å². The lowest BCUT2D eigenvalue weighted by Crippen LogP contribution is -2.40. The van der Waals surface area contributed by atoms with Crippen molar-refractivity contribution in [2.24, 2.45) is 16.8 Å². The summed E-state index contributed by atoms with van der Waals surface area (Å²) < 4.78 is 10.0. The maximum absolute atomic E-state index is 11.8. The van der Waals surface area contributed by atoms with Crippen LogP contribution in [0.1, 0.15) is 12.5 Å². The normalized spacial score (nSPS) is 21.2. The minimum absolute atomic E-state index is 0.0977. The molecule has 0 radical (unpaired) electrons. The molecule has 1 aliphatic heterocycles. The molecule has 23 heavy (non-hydrogen) atoms. The van der Waals surface area contributed by atoms with Crippen LogP contribution in [0.2, 0.25) is 0 Å². The monoisotopic (exact) mass is 319 g/mol. The molecule has 0 spiro atoms. The van der Waals surface area contributed by atoms with E-state index in [0.29, 0.717) is 13.1 Å². The number of nitrogens with one attached hydrogen (secondary N) is 1. The first-order chi connectivity index (χ1) is 11.1. The van der Waals surface area contributed by atoms with Gasteiger partial charge in [0.25, 0.3) is 0 Å². The highest BCUT2D eigenvalue weighted by Gasteiger charge is 2.36. The largest absolute Gasteiger partial charge is 0.497 e. The number of hydrogen-bond acceptors (Lipinski definition) is 4.